The van der Waals surface area contributed by atoms with Crippen LogP contribution in [0.5, 0.6) is 0 Å². The lowest BCUT2D eigenvalue weighted by Crippen LogP contribution is -2.57. The summed E-state index contributed by atoms with van der Waals surface area (Å²) < 4.78 is 23.3. The van der Waals surface area contributed by atoms with Gasteiger partial charge in [0, 0.05) is 32.1 Å². The van der Waals surface area contributed by atoms with Gasteiger partial charge in [-0.1, -0.05) is 0 Å². The normalized spacial score (nSPS) is 20.6. The number of nitrogens with one attached hydrogen (secondary N) is 2. The van der Waals surface area contributed by atoms with Gasteiger partial charge in [0.05, 0.1) is 0 Å². The summed E-state index contributed by atoms with van der Waals surface area (Å²) in [5.41, 5.74) is 0.937. The van der Waals surface area contributed by atoms with E-state index in [1.54, 1.807) is 6.20 Å². The SMILES string of the molecule is CS(=O)(=O)C1(C(=O)NCc2ccnc(N3CCCCC3)c2)CCNCC1. The Morgan fingerprint density at radius 3 is 2.62 bits per heavy atom. The molecule has 1 aromatic heterocycles. The highest BCUT2D eigenvalue weighted by molar-refractivity contribution is 7.92. The number of rotatable bonds is 5. The number of hydrogen-bond acceptors (Lipinski definition) is 6. The number of anilines is 1. The minimum Gasteiger partial charge on any atom is -0.357 e. The average molecular weight is 381 g/mol. The molecule has 0 atom stereocenters. The van der Waals surface area contributed by atoms with Gasteiger partial charge in [-0.25, -0.2) is 13.4 Å². The Bertz CT molecular complexity index is 739. The van der Waals surface area contributed by atoms with Crippen molar-refractivity contribution in [3.05, 3.63) is 23.9 Å². The first-order valence-electron chi connectivity index (χ1n) is 9.31. The Hall–Kier alpha value is -1.67. The van der Waals surface area contributed by atoms with Crippen molar-refractivity contribution in [3.8, 4) is 0 Å². The number of amides is 1. The van der Waals surface area contributed by atoms with Gasteiger partial charge < -0.3 is 15.5 Å². The van der Waals surface area contributed by atoms with E-state index in [2.05, 4.69) is 20.5 Å². The lowest BCUT2D eigenvalue weighted by Gasteiger charge is -2.34. The molecular weight excluding hydrogens is 352 g/mol. The molecule has 0 bridgehead atoms. The third-order valence-corrected chi connectivity index (χ3v) is 7.49. The average Bonchev–Trinajstić information content (AvgIpc) is 2.67. The minimum absolute atomic E-state index is 0.312. The van der Waals surface area contributed by atoms with Crippen molar-refractivity contribution in [1.29, 1.82) is 0 Å². The molecular formula is C18H28N4O3S. The van der Waals surface area contributed by atoms with Crippen LogP contribution in [-0.2, 0) is 21.2 Å². The molecule has 2 saturated heterocycles. The third-order valence-electron chi connectivity index (χ3n) is 5.48. The second kappa shape index (κ2) is 7.92. The molecule has 2 aliphatic rings. The highest BCUT2D eigenvalue weighted by Crippen LogP contribution is 2.28. The van der Waals surface area contributed by atoms with E-state index in [0.717, 1.165) is 24.5 Å². The molecule has 3 heterocycles. The number of sulfone groups is 1. The molecule has 3 rings (SSSR count). The highest BCUT2D eigenvalue weighted by atomic mass is 32.2. The van der Waals surface area contributed by atoms with Gasteiger partial charge in [0.25, 0.3) is 0 Å². The molecule has 2 aliphatic heterocycles. The Kier molecular flexibility index (Phi) is 5.82. The summed E-state index contributed by atoms with van der Waals surface area (Å²) >= 11 is 0. The number of carbonyl (C=O) groups excluding carboxylic acids is 1. The van der Waals surface area contributed by atoms with E-state index in [9.17, 15) is 13.2 Å². The first-order chi connectivity index (χ1) is 12.4. The first-order valence-corrected chi connectivity index (χ1v) is 11.2. The van der Waals surface area contributed by atoms with Crippen molar-refractivity contribution in [2.24, 2.45) is 0 Å². The van der Waals surface area contributed by atoms with Crippen LogP contribution in [0.4, 0.5) is 5.82 Å². The summed E-state index contributed by atoms with van der Waals surface area (Å²) in [5, 5.41) is 5.98. The number of pyridine rings is 1. The lowest BCUT2D eigenvalue weighted by atomic mass is 9.95. The van der Waals surface area contributed by atoms with Gasteiger partial charge in [-0.15, -0.1) is 0 Å². The molecule has 144 valence electrons. The van der Waals surface area contributed by atoms with Crippen molar-refractivity contribution < 1.29 is 13.2 Å². The van der Waals surface area contributed by atoms with E-state index < -0.39 is 20.5 Å². The maximum absolute atomic E-state index is 12.8. The van der Waals surface area contributed by atoms with Crippen LogP contribution in [0, 0.1) is 0 Å². The molecule has 0 spiro atoms. The largest absolute Gasteiger partial charge is 0.357 e. The Labute approximate surface area is 155 Å². The minimum atomic E-state index is -3.49. The van der Waals surface area contributed by atoms with Gasteiger partial charge in [-0.3, -0.25) is 4.79 Å². The van der Waals surface area contributed by atoms with Crippen molar-refractivity contribution in [3.63, 3.8) is 0 Å². The number of nitrogens with zero attached hydrogens (tertiary/aromatic N) is 2. The molecule has 8 heteroatoms. The third kappa shape index (κ3) is 4.01. The van der Waals surface area contributed by atoms with Crippen LogP contribution >= 0.6 is 0 Å². The van der Waals surface area contributed by atoms with Crippen molar-refractivity contribution in [1.82, 2.24) is 15.6 Å². The van der Waals surface area contributed by atoms with Gasteiger partial charge >= 0.3 is 0 Å². The van der Waals surface area contributed by atoms with E-state index in [0.29, 0.717) is 32.5 Å². The maximum atomic E-state index is 12.8. The number of aromatic nitrogens is 1. The first kappa shape index (κ1) is 19.1. The standard InChI is InChI=1S/C18H28N4O3S/c1-26(24,25)18(6-9-19-10-7-18)17(23)21-14-15-5-8-20-16(13-15)22-11-3-2-4-12-22/h5,8,13,19H,2-4,6-7,9-12,14H2,1H3,(H,21,23). The summed E-state index contributed by atoms with van der Waals surface area (Å²) in [5.74, 6) is 0.536. The van der Waals surface area contributed by atoms with Crippen LogP contribution in [-0.4, -0.2) is 56.5 Å². The molecule has 1 aromatic rings. The molecule has 0 radical (unpaired) electrons. The second-order valence-corrected chi connectivity index (χ2v) is 9.59. The quantitative estimate of drug-likeness (QED) is 0.787. The summed E-state index contributed by atoms with van der Waals surface area (Å²) in [4.78, 5) is 19.5. The van der Waals surface area contributed by atoms with Crippen molar-refractivity contribution in [2.75, 3.05) is 37.3 Å². The van der Waals surface area contributed by atoms with Crippen LogP contribution < -0.4 is 15.5 Å². The predicted octanol–water partition coefficient (Wildman–Crippen LogP) is 0.855. The van der Waals surface area contributed by atoms with Gasteiger partial charge in [0.2, 0.25) is 5.91 Å². The molecule has 2 fully saturated rings. The Morgan fingerprint density at radius 2 is 1.96 bits per heavy atom. The van der Waals surface area contributed by atoms with Gasteiger partial charge in [0.15, 0.2) is 14.6 Å². The Balaban J connectivity index is 1.68. The number of hydrogen-bond donors (Lipinski definition) is 2. The monoisotopic (exact) mass is 380 g/mol. The fraction of sp³-hybridized carbons (Fsp3) is 0.667. The van der Waals surface area contributed by atoms with Crippen molar-refractivity contribution >= 4 is 21.6 Å². The Morgan fingerprint density at radius 1 is 1.27 bits per heavy atom. The second-order valence-electron chi connectivity index (χ2n) is 7.27. The molecule has 7 nitrogen and oxygen atoms in total. The van der Waals surface area contributed by atoms with E-state index in [1.807, 2.05) is 12.1 Å². The van der Waals surface area contributed by atoms with E-state index in [1.165, 1.54) is 25.5 Å². The zero-order chi connectivity index (χ0) is 18.6. The van der Waals surface area contributed by atoms with Gasteiger partial charge in [0.1, 0.15) is 5.82 Å². The summed E-state index contributed by atoms with van der Waals surface area (Å²) in [7, 11) is -3.49. The molecule has 1 amide bonds. The predicted molar refractivity (Wildman–Crippen MR) is 102 cm³/mol. The summed E-state index contributed by atoms with van der Waals surface area (Å²) in [6.45, 7) is 3.40. The van der Waals surface area contributed by atoms with E-state index in [-0.39, 0.29) is 0 Å². The zero-order valence-corrected chi connectivity index (χ0v) is 16.1. The molecule has 0 aliphatic carbocycles. The lowest BCUT2D eigenvalue weighted by molar-refractivity contribution is -0.124. The smallest absolute Gasteiger partial charge is 0.241 e. The fourth-order valence-corrected chi connectivity index (χ4v) is 5.16. The van der Waals surface area contributed by atoms with Crippen LogP contribution in [0.3, 0.4) is 0 Å². The number of carbonyl (C=O) groups is 1. The summed E-state index contributed by atoms with van der Waals surface area (Å²) in [6, 6.07) is 3.85. The summed E-state index contributed by atoms with van der Waals surface area (Å²) in [6.07, 6.45) is 7.15. The van der Waals surface area contributed by atoms with Crippen LogP contribution in [0.1, 0.15) is 37.7 Å². The fourth-order valence-electron chi connectivity index (χ4n) is 3.81. The molecule has 0 unspecified atom stereocenters. The van der Waals surface area contributed by atoms with Gasteiger partial charge in [-0.2, -0.15) is 0 Å². The van der Waals surface area contributed by atoms with Crippen LogP contribution in [0.15, 0.2) is 18.3 Å². The number of piperidine rings is 2. The van der Waals surface area contributed by atoms with E-state index in [4.69, 9.17) is 0 Å². The highest BCUT2D eigenvalue weighted by Gasteiger charge is 2.48. The topological polar surface area (TPSA) is 91.4 Å². The van der Waals surface area contributed by atoms with E-state index >= 15 is 0 Å². The molecule has 0 saturated carbocycles. The molecule has 0 aromatic carbocycles. The van der Waals surface area contributed by atoms with Crippen molar-refractivity contribution in [2.45, 2.75) is 43.4 Å². The van der Waals surface area contributed by atoms with Gasteiger partial charge in [-0.05, 0) is 62.9 Å². The zero-order valence-electron chi connectivity index (χ0n) is 15.3. The molecule has 2 N–H and O–H groups in total. The van der Waals surface area contributed by atoms with Crippen LogP contribution in [0.2, 0.25) is 0 Å². The van der Waals surface area contributed by atoms with Crippen LogP contribution in [0.25, 0.3) is 0 Å². The molecule has 26 heavy (non-hydrogen) atoms. The maximum Gasteiger partial charge on any atom is 0.241 e.